The van der Waals surface area contributed by atoms with Crippen LogP contribution in [0.1, 0.15) is 41.6 Å². The van der Waals surface area contributed by atoms with E-state index in [9.17, 15) is 4.79 Å². The molecule has 128 valence electrons. The first-order valence-electron chi connectivity index (χ1n) is 8.19. The van der Waals surface area contributed by atoms with Gasteiger partial charge in [0, 0.05) is 26.2 Å². The third-order valence-electron chi connectivity index (χ3n) is 4.55. The lowest BCUT2D eigenvalue weighted by molar-refractivity contribution is -0.131. The van der Waals surface area contributed by atoms with Crippen molar-refractivity contribution in [2.24, 2.45) is 0 Å². The topological polar surface area (TPSA) is 75.4 Å². The Morgan fingerprint density at radius 2 is 2.12 bits per heavy atom. The van der Waals surface area contributed by atoms with Gasteiger partial charge in [-0.3, -0.25) is 4.79 Å². The maximum Gasteiger partial charge on any atom is 0.227 e. The van der Waals surface area contributed by atoms with Gasteiger partial charge in [0.15, 0.2) is 5.82 Å². The lowest BCUT2D eigenvalue weighted by Crippen LogP contribution is -2.32. The van der Waals surface area contributed by atoms with Crippen molar-refractivity contribution in [1.29, 1.82) is 0 Å². The Bertz CT molecular complexity index is 704. The second-order valence-electron chi connectivity index (χ2n) is 6.44. The molecule has 3 heterocycles. The standard InChI is InChI=1S/C17H23N5O2/c1-11-13(12(2)24-20-11)10-17(23)22-9-5-6-15(22)14-7-8-16(19-18-14)21(3)4/h7-8,15H,5-6,9-10H2,1-4H3. The van der Waals surface area contributed by atoms with E-state index in [1.165, 1.54) is 0 Å². The van der Waals surface area contributed by atoms with Gasteiger partial charge in [-0.2, -0.15) is 5.10 Å². The number of anilines is 1. The van der Waals surface area contributed by atoms with E-state index in [1.54, 1.807) is 0 Å². The summed E-state index contributed by atoms with van der Waals surface area (Å²) in [5.74, 6) is 1.61. The second-order valence-corrected chi connectivity index (χ2v) is 6.44. The average Bonchev–Trinajstić information content (AvgIpc) is 3.17. The third kappa shape index (κ3) is 3.11. The zero-order chi connectivity index (χ0) is 17.3. The molecule has 1 amide bonds. The molecule has 1 saturated heterocycles. The molecule has 1 fully saturated rings. The Labute approximate surface area is 141 Å². The molecule has 7 nitrogen and oxygen atoms in total. The van der Waals surface area contributed by atoms with Gasteiger partial charge in [0.2, 0.25) is 5.91 Å². The van der Waals surface area contributed by atoms with Crippen molar-refractivity contribution in [1.82, 2.24) is 20.3 Å². The van der Waals surface area contributed by atoms with Crippen molar-refractivity contribution in [3.05, 3.63) is 34.8 Å². The van der Waals surface area contributed by atoms with Gasteiger partial charge in [-0.1, -0.05) is 5.16 Å². The lowest BCUT2D eigenvalue weighted by atomic mass is 10.1. The van der Waals surface area contributed by atoms with E-state index in [4.69, 9.17) is 4.52 Å². The van der Waals surface area contributed by atoms with Crippen LogP contribution >= 0.6 is 0 Å². The van der Waals surface area contributed by atoms with Crippen LogP contribution in [-0.2, 0) is 11.2 Å². The molecule has 1 unspecified atom stereocenters. The van der Waals surface area contributed by atoms with E-state index in [1.807, 2.05) is 49.9 Å². The molecule has 1 aliphatic heterocycles. The van der Waals surface area contributed by atoms with E-state index in [-0.39, 0.29) is 11.9 Å². The van der Waals surface area contributed by atoms with Gasteiger partial charge in [-0.05, 0) is 38.8 Å². The molecule has 0 aromatic carbocycles. The second kappa shape index (κ2) is 6.59. The Kier molecular flexibility index (Phi) is 4.51. The molecule has 1 aliphatic rings. The van der Waals surface area contributed by atoms with E-state index in [0.717, 1.165) is 42.2 Å². The monoisotopic (exact) mass is 329 g/mol. The fourth-order valence-corrected chi connectivity index (χ4v) is 3.13. The van der Waals surface area contributed by atoms with Crippen molar-refractivity contribution < 1.29 is 9.32 Å². The molecule has 1 atom stereocenters. The van der Waals surface area contributed by atoms with Crippen molar-refractivity contribution in [2.75, 3.05) is 25.5 Å². The van der Waals surface area contributed by atoms with Crippen LogP contribution in [0.3, 0.4) is 0 Å². The number of carbonyl (C=O) groups excluding carboxylic acids is 1. The fourth-order valence-electron chi connectivity index (χ4n) is 3.13. The van der Waals surface area contributed by atoms with Gasteiger partial charge in [0.05, 0.1) is 23.9 Å². The van der Waals surface area contributed by atoms with E-state index in [0.29, 0.717) is 12.2 Å². The van der Waals surface area contributed by atoms with Crippen molar-refractivity contribution in [3.63, 3.8) is 0 Å². The summed E-state index contributed by atoms with van der Waals surface area (Å²) in [4.78, 5) is 16.6. The van der Waals surface area contributed by atoms with Crippen LogP contribution in [-0.4, -0.2) is 46.8 Å². The molecule has 0 bridgehead atoms. The fraction of sp³-hybridized carbons (Fsp3) is 0.529. The lowest BCUT2D eigenvalue weighted by Gasteiger charge is -2.24. The van der Waals surface area contributed by atoms with Crippen molar-refractivity contribution in [3.8, 4) is 0 Å². The number of amides is 1. The van der Waals surface area contributed by atoms with Crippen molar-refractivity contribution in [2.45, 2.75) is 39.2 Å². The minimum Gasteiger partial charge on any atom is -0.361 e. The quantitative estimate of drug-likeness (QED) is 0.854. The third-order valence-corrected chi connectivity index (χ3v) is 4.55. The summed E-state index contributed by atoms with van der Waals surface area (Å²) in [5, 5.41) is 12.5. The first kappa shape index (κ1) is 16.4. The highest BCUT2D eigenvalue weighted by Gasteiger charge is 2.32. The molecule has 7 heteroatoms. The highest BCUT2D eigenvalue weighted by molar-refractivity contribution is 5.80. The smallest absolute Gasteiger partial charge is 0.227 e. The zero-order valence-corrected chi connectivity index (χ0v) is 14.6. The van der Waals surface area contributed by atoms with Crippen LogP contribution in [0.2, 0.25) is 0 Å². The van der Waals surface area contributed by atoms with Crippen molar-refractivity contribution >= 4 is 11.7 Å². The van der Waals surface area contributed by atoms with Crippen LogP contribution in [0.15, 0.2) is 16.7 Å². The summed E-state index contributed by atoms with van der Waals surface area (Å²) in [6.07, 6.45) is 2.22. The Hall–Kier alpha value is -2.44. The number of hydrogen-bond donors (Lipinski definition) is 0. The number of aryl methyl sites for hydroxylation is 2. The van der Waals surface area contributed by atoms with E-state index in [2.05, 4.69) is 15.4 Å². The molecule has 2 aromatic rings. The molecular formula is C17H23N5O2. The zero-order valence-electron chi connectivity index (χ0n) is 14.6. The molecule has 0 saturated carbocycles. The molecule has 0 spiro atoms. The SMILES string of the molecule is Cc1noc(C)c1CC(=O)N1CCCC1c1ccc(N(C)C)nn1. The van der Waals surface area contributed by atoms with Crippen LogP contribution in [0.5, 0.6) is 0 Å². The van der Waals surface area contributed by atoms with Crippen LogP contribution in [0.4, 0.5) is 5.82 Å². The molecule has 0 radical (unpaired) electrons. The predicted molar refractivity (Wildman–Crippen MR) is 89.7 cm³/mol. The molecule has 0 N–H and O–H groups in total. The summed E-state index contributed by atoms with van der Waals surface area (Å²) in [5.41, 5.74) is 2.52. The molecule has 24 heavy (non-hydrogen) atoms. The summed E-state index contributed by atoms with van der Waals surface area (Å²) in [7, 11) is 3.86. The Morgan fingerprint density at radius 3 is 2.71 bits per heavy atom. The summed E-state index contributed by atoms with van der Waals surface area (Å²) in [6.45, 7) is 4.46. The molecule has 0 aliphatic carbocycles. The number of hydrogen-bond acceptors (Lipinski definition) is 6. The minimum absolute atomic E-state index is 0.00156. The number of carbonyl (C=O) groups is 1. The minimum atomic E-state index is 0.00156. The number of likely N-dealkylation sites (tertiary alicyclic amines) is 1. The van der Waals surface area contributed by atoms with Gasteiger partial charge in [0.1, 0.15) is 5.76 Å². The summed E-state index contributed by atoms with van der Waals surface area (Å²) >= 11 is 0. The maximum absolute atomic E-state index is 12.8. The first-order valence-corrected chi connectivity index (χ1v) is 8.19. The van der Waals surface area contributed by atoms with Gasteiger partial charge in [-0.15, -0.1) is 5.10 Å². The molecule has 3 rings (SSSR count). The number of aromatic nitrogens is 3. The molecular weight excluding hydrogens is 306 g/mol. The van der Waals surface area contributed by atoms with Gasteiger partial charge < -0.3 is 14.3 Å². The number of nitrogens with zero attached hydrogens (tertiary/aromatic N) is 5. The van der Waals surface area contributed by atoms with Gasteiger partial charge in [-0.25, -0.2) is 0 Å². The normalized spacial score (nSPS) is 17.3. The maximum atomic E-state index is 12.8. The van der Waals surface area contributed by atoms with Gasteiger partial charge >= 0.3 is 0 Å². The van der Waals surface area contributed by atoms with E-state index < -0.39 is 0 Å². The van der Waals surface area contributed by atoms with Gasteiger partial charge in [0.25, 0.3) is 0 Å². The highest BCUT2D eigenvalue weighted by Crippen LogP contribution is 2.31. The molecule has 2 aromatic heterocycles. The predicted octanol–water partition coefficient (Wildman–Crippen LogP) is 2.05. The highest BCUT2D eigenvalue weighted by atomic mass is 16.5. The van der Waals surface area contributed by atoms with Crippen LogP contribution < -0.4 is 4.90 Å². The first-order chi connectivity index (χ1) is 11.5. The Balaban J connectivity index is 1.76. The van der Waals surface area contributed by atoms with Crippen LogP contribution in [0, 0.1) is 13.8 Å². The Morgan fingerprint density at radius 1 is 1.33 bits per heavy atom. The summed E-state index contributed by atoms with van der Waals surface area (Å²) < 4.78 is 5.16. The summed E-state index contributed by atoms with van der Waals surface area (Å²) in [6, 6.07) is 3.91. The number of rotatable bonds is 4. The van der Waals surface area contributed by atoms with Crippen LogP contribution in [0.25, 0.3) is 0 Å². The average molecular weight is 329 g/mol. The van der Waals surface area contributed by atoms with E-state index >= 15 is 0 Å². The largest absolute Gasteiger partial charge is 0.361 e.